The first-order chi connectivity index (χ1) is 27.0. The number of fused-ring (bicyclic) bond motifs is 7. The molecule has 2 aromatic rings. The zero-order valence-corrected chi connectivity index (χ0v) is 38.3. The Morgan fingerprint density at radius 2 is 1.69 bits per heavy atom. The molecule has 0 saturated heterocycles. The number of aldehydes is 1. The van der Waals surface area contributed by atoms with Crippen LogP contribution in [0.3, 0.4) is 0 Å². The van der Waals surface area contributed by atoms with Crippen molar-refractivity contribution in [1.82, 2.24) is 19.2 Å². The Bertz CT molecular complexity index is 2080. The first-order valence-electron chi connectivity index (χ1n) is 21.7. The highest BCUT2D eigenvalue weighted by molar-refractivity contribution is 6.31. The Morgan fingerprint density at radius 3 is 2.31 bits per heavy atom. The maximum atomic E-state index is 14.6. The predicted octanol–water partition coefficient (Wildman–Crippen LogP) is 9.66. The van der Waals surface area contributed by atoms with Crippen molar-refractivity contribution in [2.24, 2.45) is 50.7 Å². The lowest BCUT2D eigenvalue weighted by atomic mass is 9.33. The van der Waals surface area contributed by atoms with E-state index in [1.54, 1.807) is 36.9 Å². The van der Waals surface area contributed by atoms with Crippen LogP contribution in [0.4, 0.5) is 0 Å². The largest absolute Gasteiger partial charge is 0.462 e. The van der Waals surface area contributed by atoms with Gasteiger partial charge in [0.05, 0.1) is 23.7 Å². The first kappa shape index (κ1) is 43.3. The molecule has 7 rings (SSSR count). The van der Waals surface area contributed by atoms with Crippen molar-refractivity contribution >= 4 is 41.2 Å². The first-order valence-corrected chi connectivity index (χ1v) is 22.5. The van der Waals surface area contributed by atoms with E-state index in [9.17, 15) is 19.2 Å². The number of likely N-dealkylation sites (N-methyl/N-ethyl adjacent to an activating group) is 1. The summed E-state index contributed by atoms with van der Waals surface area (Å²) in [7, 11) is 4.04. The summed E-state index contributed by atoms with van der Waals surface area (Å²) in [5, 5.41) is 0.659. The van der Waals surface area contributed by atoms with Gasteiger partial charge in [-0.15, -0.1) is 0 Å². The van der Waals surface area contributed by atoms with Crippen molar-refractivity contribution in [1.29, 1.82) is 0 Å². The lowest BCUT2D eigenvalue weighted by Gasteiger charge is -2.72. The summed E-state index contributed by atoms with van der Waals surface area (Å²) >= 11 is 13.6. The maximum absolute atomic E-state index is 14.6. The highest BCUT2D eigenvalue weighted by Crippen LogP contribution is 2.77. The lowest BCUT2D eigenvalue weighted by Crippen LogP contribution is -2.66. The Kier molecular flexibility index (Phi) is 11.0. The number of esters is 1. The molecule has 318 valence electrons. The molecule has 0 N–H and O–H groups in total. The number of carbonyl (C=O) groups excluding carboxylic acids is 3. The van der Waals surface area contributed by atoms with E-state index in [0.29, 0.717) is 42.2 Å². The third kappa shape index (κ3) is 6.44. The fourth-order valence-electron chi connectivity index (χ4n) is 13.9. The van der Waals surface area contributed by atoms with E-state index in [4.69, 9.17) is 27.9 Å². The molecule has 0 spiro atoms. The van der Waals surface area contributed by atoms with Gasteiger partial charge in [0, 0.05) is 35.4 Å². The SMILES string of the molecule is CC(C)C1=C2C3CCC4C5(C)CCC(OC(=O)CC(C)(C)C=O)C(C)(C)C5CCC4(C)[C@]3(C)CCC2(c2c(Cl)c(=O)n(-c3ccc(Cl)cn3)n2CCN(C)C)CC1=O. The number of ketones is 1. The fraction of sp³-hybridized carbons (Fsp3) is 0.723. The lowest BCUT2D eigenvalue weighted by molar-refractivity contribution is -0.232. The zero-order chi connectivity index (χ0) is 42.5. The average molecular weight is 838 g/mol. The van der Waals surface area contributed by atoms with Gasteiger partial charge in [0.25, 0.3) is 5.56 Å². The van der Waals surface area contributed by atoms with Crippen molar-refractivity contribution in [2.75, 3.05) is 20.6 Å². The molecular formula is C47H66Cl2N4O5. The fourth-order valence-corrected chi connectivity index (χ4v) is 14.4. The van der Waals surface area contributed by atoms with Gasteiger partial charge in [0.15, 0.2) is 11.6 Å². The topological polar surface area (TPSA) is 104 Å². The number of pyridine rings is 1. The molecule has 2 heterocycles. The zero-order valence-electron chi connectivity index (χ0n) is 36.8. The van der Waals surface area contributed by atoms with Crippen LogP contribution in [0.2, 0.25) is 10.0 Å². The van der Waals surface area contributed by atoms with E-state index in [-0.39, 0.29) is 68.4 Å². The van der Waals surface area contributed by atoms with E-state index in [2.05, 4.69) is 58.4 Å². The van der Waals surface area contributed by atoms with Crippen molar-refractivity contribution in [3.63, 3.8) is 0 Å². The van der Waals surface area contributed by atoms with Crippen LogP contribution in [0.1, 0.15) is 132 Å². The highest BCUT2D eigenvalue weighted by atomic mass is 35.5. The van der Waals surface area contributed by atoms with Gasteiger partial charge in [0.1, 0.15) is 17.4 Å². The molecule has 0 radical (unpaired) electrons. The normalized spacial score (nSPS) is 34.4. The van der Waals surface area contributed by atoms with Crippen molar-refractivity contribution < 1.29 is 19.1 Å². The van der Waals surface area contributed by atoms with Crippen molar-refractivity contribution in [2.45, 2.75) is 145 Å². The van der Waals surface area contributed by atoms with Gasteiger partial charge in [0.2, 0.25) is 0 Å². The van der Waals surface area contributed by atoms with Crippen LogP contribution in [0.15, 0.2) is 34.3 Å². The van der Waals surface area contributed by atoms with Crippen LogP contribution >= 0.6 is 23.2 Å². The molecule has 0 bridgehead atoms. The van der Waals surface area contributed by atoms with Crippen LogP contribution in [0, 0.1) is 50.7 Å². The summed E-state index contributed by atoms with van der Waals surface area (Å²) in [6, 6.07) is 3.50. The molecule has 0 amide bonds. The smallest absolute Gasteiger partial charge is 0.307 e. The van der Waals surface area contributed by atoms with Crippen LogP contribution in [0.25, 0.3) is 5.82 Å². The molecule has 4 fully saturated rings. The molecule has 5 aliphatic carbocycles. The quantitative estimate of drug-likeness (QED) is 0.174. The van der Waals surface area contributed by atoms with Crippen molar-refractivity contribution in [3.8, 4) is 5.82 Å². The average Bonchev–Trinajstić information content (AvgIpc) is 3.58. The van der Waals surface area contributed by atoms with E-state index < -0.39 is 10.8 Å². The van der Waals surface area contributed by atoms with E-state index in [1.165, 1.54) is 5.57 Å². The molecule has 7 unspecified atom stereocenters. The third-order valence-electron chi connectivity index (χ3n) is 16.8. The minimum absolute atomic E-state index is 0.00479. The second kappa shape index (κ2) is 14.7. The standard InChI is InChI=1S/C47H66Cl2N4O5/c1-28(2)37-31(55)24-47(40-39(49)41(57)53(52(40)23-22-51(10)11)35-15-12-29(48)26-50-35)21-20-45(8)30(38(37)47)13-14-33-44(7)18-17-34(58-36(56)25-42(3,4)27-54)43(5,6)32(44)16-19-46(33,45)9/h12,15,26-28,30,32-34H,13-14,16-25H2,1-11H3/t30?,32?,33?,34?,44?,45-,46?,47?/m1/s1. The van der Waals surface area contributed by atoms with Gasteiger partial charge in [-0.2, -0.15) is 4.68 Å². The van der Waals surface area contributed by atoms with Crippen LogP contribution < -0.4 is 5.56 Å². The summed E-state index contributed by atoms with van der Waals surface area (Å²) in [5.74, 6) is 1.36. The summed E-state index contributed by atoms with van der Waals surface area (Å²) in [5.41, 5.74) is 0.894. The molecule has 0 aromatic carbocycles. The maximum Gasteiger partial charge on any atom is 0.307 e. The van der Waals surface area contributed by atoms with E-state index >= 15 is 0 Å². The Hall–Kier alpha value is -2.75. The number of rotatable bonds is 10. The van der Waals surface area contributed by atoms with Gasteiger partial charge in [-0.3, -0.25) is 19.1 Å². The number of hydrogen-bond donors (Lipinski definition) is 0. The van der Waals surface area contributed by atoms with Crippen LogP contribution in [0.5, 0.6) is 0 Å². The third-order valence-corrected chi connectivity index (χ3v) is 17.4. The number of carbonyl (C=O) groups is 3. The molecule has 11 heteroatoms. The summed E-state index contributed by atoms with van der Waals surface area (Å²) < 4.78 is 9.90. The predicted molar refractivity (Wildman–Crippen MR) is 229 cm³/mol. The Balaban J connectivity index is 1.30. The number of allylic oxidation sites excluding steroid dienone is 2. The van der Waals surface area contributed by atoms with Gasteiger partial charge in [-0.05, 0) is 129 Å². The molecule has 8 atom stereocenters. The number of halogens is 2. The molecule has 5 aliphatic rings. The molecule has 4 saturated carbocycles. The Morgan fingerprint density at radius 1 is 0.983 bits per heavy atom. The van der Waals surface area contributed by atoms with Crippen LogP contribution in [-0.4, -0.2) is 64.0 Å². The van der Waals surface area contributed by atoms with Gasteiger partial charge in [-0.25, -0.2) is 4.98 Å². The minimum Gasteiger partial charge on any atom is -0.462 e. The number of nitrogens with zero attached hydrogens (tertiary/aromatic N) is 4. The molecule has 2 aromatic heterocycles. The summed E-state index contributed by atoms with van der Waals surface area (Å²) in [6.07, 6.45) is 10.2. The summed E-state index contributed by atoms with van der Waals surface area (Å²) in [6.45, 7) is 21.3. The van der Waals surface area contributed by atoms with E-state index in [1.807, 2.05) is 18.8 Å². The highest BCUT2D eigenvalue weighted by Gasteiger charge is 2.71. The molecule has 58 heavy (non-hydrogen) atoms. The number of ether oxygens (including phenoxy) is 1. The second-order valence-electron chi connectivity index (χ2n) is 21.4. The molecule has 0 aliphatic heterocycles. The van der Waals surface area contributed by atoms with Crippen molar-refractivity contribution in [3.05, 3.63) is 55.6 Å². The molecule has 9 nitrogen and oxygen atoms in total. The van der Waals surface area contributed by atoms with Gasteiger partial charge < -0.3 is 14.4 Å². The number of Topliss-reactive ketones (excluding diaryl/α,β-unsaturated/α-hetero) is 1. The second-order valence-corrected chi connectivity index (χ2v) is 22.3. The monoisotopic (exact) mass is 836 g/mol. The van der Waals surface area contributed by atoms with Crippen LogP contribution in [-0.2, 0) is 31.1 Å². The molecular weight excluding hydrogens is 771 g/mol. The number of hydrogen-bond acceptors (Lipinski definition) is 7. The van der Waals surface area contributed by atoms with Gasteiger partial charge in [-0.1, -0.05) is 85.5 Å². The Labute approximate surface area is 355 Å². The van der Waals surface area contributed by atoms with Gasteiger partial charge >= 0.3 is 5.97 Å². The summed E-state index contributed by atoms with van der Waals surface area (Å²) in [4.78, 5) is 60.5. The minimum atomic E-state index is -0.746. The number of aromatic nitrogens is 3. The van der Waals surface area contributed by atoms with E-state index in [0.717, 1.165) is 68.9 Å².